The number of hydrogen-bond acceptors (Lipinski definition) is 2. The fourth-order valence-corrected chi connectivity index (χ4v) is 1.05. The molecule has 1 aromatic carbocycles. The fourth-order valence-electron chi connectivity index (χ4n) is 1.05. The Morgan fingerprint density at radius 1 is 1.08 bits per heavy atom. The Balaban J connectivity index is 2.15. The van der Waals surface area contributed by atoms with Crippen molar-refractivity contribution in [3.05, 3.63) is 54.2 Å². The van der Waals surface area contributed by atoms with Gasteiger partial charge in [-0.1, -0.05) is 36.4 Å². The molecule has 0 saturated carbocycles. The molecule has 0 radical (unpaired) electrons. The zero-order valence-electron chi connectivity index (χ0n) is 7.05. The molecule has 0 bridgehead atoms. The van der Waals surface area contributed by atoms with E-state index in [1.165, 1.54) is 6.39 Å². The molecule has 1 aromatic heterocycles. The van der Waals surface area contributed by atoms with Crippen LogP contribution in [0.5, 0.6) is 0 Å². The van der Waals surface area contributed by atoms with Crippen LogP contribution >= 0.6 is 0 Å². The van der Waals surface area contributed by atoms with E-state index in [9.17, 15) is 0 Å². The highest BCUT2D eigenvalue weighted by Gasteiger charge is 1.88. The third-order valence-electron chi connectivity index (χ3n) is 1.69. The summed E-state index contributed by atoms with van der Waals surface area (Å²) in [4.78, 5) is 3.82. The topological polar surface area (TPSA) is 26.0 Å². The third-order valence-corrected chi connectivity index (χ3v) is 1.69. The molecule has 0 aliphatic carbocycles. The molecule has 0 spiro atoms. The number of rotatable bonds is 2. The van der Waals surface area contributed by atoms with Gasteiger partial charge in [-0.2, -0.15) is 0 Å². The molecule has 2 rings (SSSR count). The van der Waals surface area contributed by atoms with Crippen LogP contribution in [0.4, 0.5) is 0 Å². The van der Waals surface area contributed by atoms with E-state index < -0.39 is 0 Å². The monoisotopic (exact) mass is 171 g/mol. The molecule has 0 aliphatic rings. The van der Waals surface area contributed by atoms with E-state index in [1.54, 1.807) is 6.20 Å². The molecule has 2 heteroatoms. The van der Waals surface area contributed by atoms with E-state index in [4.69, 9.17) is 4.42 Å². The lowest BCUT2D eigenvalue weighted by Gasteiger charge is -1.88. The first kappa shape index (κ1) is 7.80. The highest BCUT2D eigenvalue weighted by Crippen LogP contribution is 2.06. The van der Waals surface area contributed by atoms with E-state index in [2.05, 4.69) is 4.98 Å². The summed E-state index contributed by atoms with van der Waals surface area (Å²) in [5, 5.41) is 0. The second-order valence-electron chi connectivity index (χ2n) is 2.65. The summed E-state index contributed by atoms with van der Waals surface area (Å²) in [6, 6.07) is 10.1. The number of nitrogens with zero attached hydrogens (tertiary/aromatic N) is 1. The molecule has 1 heterocycles. The Morgan fingerprint density at radius 3 is 2.62 bits per heavy atom. The maximum Gasteiger partial charge on any atom is 0.181 e. The van der Waals surface area contributed by atoms with Crippen LogP contribution in [-0.2, 0) is 0 Å². The molecule has 0 N–H and O–H groups in total. The average molecular weight is 171 g/mol. The Hall–Kier alpha value is -1.83. The number of oxazole rings is 1. The van der Waals surface area contributed by atoms with Crippen LogP contribution in [0.3, 0.4) is 0 Å². The molecule has 0 unspecified atom stereocenters. The van der Waals surface area contributed by atoms with Crippen molar-refractivity contribution in [2.24, 2.45) is 0 Å². The first-order valence-corrected chi connectivity index (χ1v) is 4.07. The Bertz CT molecular complexity index is 376. The molecule has 0 aliphatic heterocycles. The summed E-state index contributed by atoms with van der Waals surface area (Å²) in [5.74, 6) is 0.767. The van der Waals surface area contributed by atoms with E-state index in [0.29, 0.717) is 0 Å². The second-order valence-corrected chi connectivity index (χ2v) is 2.65. The molecule has 13 heavy (non-hydrogen) atoms. The lowest BCUT2D eigenvalue weighted by molar-refractivity contribution is 0.548. The van der Waals surface area contributed by atoms with Gasteiger partial charge in [-0.15, -0.1) is 0 Å². The molecule has 2 aromatic rings. The fraction of sp³-hybridized carbons (Fsp3) is 0. The summed E-state index contributed by atoms with van der Waals surface area (Å²) in [7, 11) is 0. The van der Waals surface area contributed by atoms with Gasteiger partial charge in [-0.05, 0) is 11.6 Å². The van der Waals surface area contributed by atoms with Gasteiger partial charge in [0, 0.05) is 0 Å². The van der Waals surface area contributed by atoms with Gasteiger partial charge in [0.25, 0.3) is 0 Å². The lowest BCUT2D eigenvalue weighted by Crippen LogP contribution is -1.67. The molecular formula is C11H9NO. The van der Waals surface area contributed by atoms with Gasteiger partial charge >= 0.3 is 0 Å². The molecule has 0 fully saturated rings. The predicted octanol–water partition coefficient (Wildman–Crippen LogP) is 2.85. The normalized spacial score (nSPS) is 10.8. The molecule has 0 amide bonds. The van der Waals surface area contributed by atoms with Crippen LogP contribution in [0.1, 0.15) is 11.3 Å². The molecular weight excluding hydrogens is 162 g/mol. The van der Waals surface area contributed by atoms with E-state index in [-0.39, 0.29) is 0 Å². The van der Waals surface area contributed by atoms with Crippen molar-refractivity contribution in [3.8, 4) is 0 Å². The van der Waals surface area contributed by atoms with Crippen LogP contribution in [0.2, 0.25) is 0 Å². The van der Waals surface area contributed by atoms with Crippen LogP contribution in [0.15, 0.2) is 47.3 Å². The van der Waals surface area contributed by atoms with Crippen molar-refractivity contribution in [3.63, 3.8) is 0 Å². The number of benzene rings is 1. The van der Waals surface area contributed by atoms with Crippen molar-refractivity contribution in [2.45, 2.75) is 0 Å². The van der Waals surface area contributed by atoms with Crippen molar-refractivity contribution in [1.82, 2.24) is 4.98 Å². The van der Waals surface area contributed by atoms with Crippen LogP contribution < -0.4 is 0 Å². The Morgan fingerprint density at radius 2 is 1.92 bits per heavy atom. The standard InChI is InChI=1S/C11H9NO/c1-2-4-10(5-3-1)6-7-11-8-12-9-13-11/h1-9H/b7-6+. The second kappa shape index (κ2) is 3.72. The third kappa shape index (κ3) is 2.06. The van der Waals surface area contributed by atoms with Gasteiger partial charge in [0.15, 0.2) is 6.39 Å². The highest BCUT2D eigenvalue weighted by molar-refractivity contribution is 5.66. The minimum atomic E-state index is 0.767. The van der Waals surface area contributed by atoms with E-state index in [1.807, 2.05) is 42.5 Å². The van der Waals surface area contributed by atoms with Gasteiger partial charge in [-0.25, -0.2) is 4.98 Å². The van der Waals surface area contributed by atoms with Crippen molar-refractivity contribution < 1.29 is 4.42 Å². The Labute approximate surface area is 76.5 Å². The summed E-state index contributed by atoms with van der Waals surface area (Å²) < 4.78 is 5.06. The number of aromatic nitrogens is 1. The first-order valence-electron chi connectivity index (χ1n) is 4.07. The zero-order valence-corrected chi connectivity index (χ0v) is 7.05. The summed E-state index contributed by atoms with van der Waals surface area (Å²) in [5.41, 5.74) is 1.15. The smallest absolute Gasteiger partial charge is 0.181 e. The SMILES string of the molecule is C(=C\c1cnco1)/c1ccccc1. The molecule has 64 valence electrons. The minimum Gasteiger partial charge on any atom is -0.444 e. The zero-order chi connectivity index (χ0) is 8.93. The molecule has 2 nitrogen and oxygen atoms in total. The van der Waals surface area contributed by atoms with Crippen molar-refractivity contribution in [1.29, 1.82) is 0 Å². The van der Waals surface area contributed by atoms with Crippen LogP contribution in [0.25, 0.3) is 12.2 Å². The van der Waals surface area contributed by atoms with Crippen molar-refractivity contribution in [2.75, 3.05) is 0 Å². The first-order chi connectivity index (χ1) is 6.45. The minimum absolute atomic E-state index is 0.767. The number of hydrogen-bond donors (Lipinski definition) is 0. The van der Waals surface area contributed by atoms with Gasteiger partial charge in [0.05, 0.1) is 6.20 Å². The van der Waals surface area contributed by atoms with E-state index in [0.717, 1.165) is 11.3 Å². The largest absolute Gasteiger partial charge is 0.444 e. The average Bonchev–Trinajstić information content (AvgIpc) is 2.69. The van der Waals surface area contributed by atoms with Crippen LogP contribution in [-0.4, -0.2) is 4.98 Å². The molecule has 0 saturated heterocycles. The van der Waals surface area contributed by atoms with Gasteiger partial charge in [-0.3, -0.25) is 0 Å². The highest BCUT2D eigenvalue weighted by atomic mass is 16.3. The maximum absolute atomic E-state index is 5.06. The molecule has 0 atom stereocenters. The predicted molar refractivity (Wildman–Crippen MR) is 51.9 cm³/mol. The van der Waals surface area contributed by atoms with E-state index >= 15 is 0 Å². The Kier molecular flexibility index (Phi) is 2.23. The lowest BCUT2D eigenvalue weighted by atomic mass is 10.2. The van der Waals surface area contributed by atoms with Gasteiger partial charge in [0.2, 0.25) is 0 Å². The summed E-state index contributed by atoms with van der Waals surface area (Å²) in [6.07, 6.45) is 6.98. The summed E-state index contributed by atoms with van der Waals surface area (Å²) >= 11 is 0. The summed E-state index contributed by atoms with van der Waals surface area (Å²) in [6.45, 7) is 0. The van der Waals surface area contributed by atoms with Gasteiger partial charge in [0.1, 0.15) is 5.76 Å². The van der Waals surface area contributed by atoms with Gasteiger partial charge < -0.3 is 4.42 Å². The van der Waals surface area contributed by atoms with Crippen LogP contribution in [0, 0.1) is 0 Å². The maximum atomic E-state index is 5.06. The quantitative estimate of drug-likeness (QED) is 0.694. The van der Waals surface area contributed by atoms with Crippen molar-refractivity contribution >= 4 is 12.2 Å².